The highest BCUT2D eigenvalue weighted by Gasteiger charge is 2.55. The summed E-state index contributed by atoms with van der Waals surface area (Å²) in [5.74, 6) is 3.33. The average molecular weight is 457 g/mol. The minimum absolute atomic E-state index is 0. The summed E-state index contributed by atoms with van der Waals surface area (Å²) in [6.45, 7) is 5.51. The molecule has 8 heteroatoms. The zero-order valence-corrected chi connectivity index (χ0v) is 19.2. The van der Waals surface area contributed by atoms with E-state index in [2.05, 4.69) is 19.8 Å². The molecule has 0 aromatic carbocycles. The standard InChI is InChI=1S/C22H32N4O2.2ClH/c27-20(22-14-17-11-18(15-22)13-19(12-17)16-22)28-10-2-5-25-6-8-26(9-7-25)21-23-3-1-4-24-21;;/h1,3-4,17-19H,2,5-16H2;2*1H. The van der Waals surface area contributed by atoms with Gasteiger partial charge in [-0.15, -0.1) is 24.8 Å². The Morgan fingerprint density at radius 3 is 2.10 bits per heavy atom. The van der Waals surface area contributed by atoms with E-state index in [0.717, 1.165) is 82.1 Å². The van der Waals surface area contributed by atoms with Crippen molar-refractivity contribution in [3.63, 3.8) is 0 Å². The fourth-order valence-corrected chi connectivity index (χ4v) is 6.59. The quantitative estimate of drug-likeness (QED) is 0.481. The fourth-order valence-electron chi connectivity index (χ4n) is 6.59. The highest BCUT2D eigenvalue weighted by atomic mass is 35.5. The number of rotatable bonds is 6. The number of carbonyl (C=O) groups is 1. The predicted molar refractivity (Wildman–Crippen MR) is 121 cm³/mol. The minimum atomic E-state index is -0.115. The smallest absolute Gasteiger partial charge is 0.312 e. The van der Waals surface area contributed by atoms with Gasteiger partial charge in [0.15, 0.2) is 0 Å². The third-order valence-corrected chi connectivity index (χ3v) is 7.53. The number of anilines is 1. The van der Waals surface area contributed by atoms with Crippen molar-refractivity contribution in [1.82, 2.24) is 14.9 Å². The van der Waals surface area contributed by atoms with Crippen molar-refractivity contribution in [2.75, 3.05) is 44.2 Å². The molecule has 0 spiro atoms. The number of carbonyl (C=O) groups excluding carboxylic acids is 1. The number of ether oxygens (including phenoxy) is 1. The first kappa shape index (κ1) is 23.6. The second-order valence-corrected chi connectivity index (χ2v) is 9.56. The van der Waals surface area contributed by atoms with Crippen molar-refractivity contribution < 1.29 is 9.53 Å². The third-order valence-electron chi connectivity index (χ3n) is 7.53. The molecule has 6 rings (SSSR count). The number of esters is 1. The first-order valence-corrected chi connectivity index (χ1v) is 11.1. The van der Waals surface area contributed by atoms with E-state index in [1.807, 2.05) is 6.07 Å². The van der Waals surface area contributed by atoms with Crippen LogP contribution in [0.4, 0.5) is 5.95 Å². The van der Waals surface area contributed by atoms with E-state index in [-0.39, 0.29) is 36.2 Å². The summed E-state index contributed by atoms with van der Waals surface area (Å²) in [6, 6.07) is 1.85. The van der Waals surface area contributed by atoms with Gasteiger partial charge in [-0.2, -0.15) is 0 Å². The summed E-state index contributed by atoms with van der Waals surface area (Å²) in [7, 11) is 0. The van der Waals surface area contributed by atoms with E-state index < -0.39 is 0 Å². The first-order chi connectivity index (χ1) is 13.7. The van der Waals surface area contributed by atoms with E-state index in [0.29, 0.717) is 6.61 Å². The molecule has 4 aliphatic carbocycles. The van der Waals surface area contributed by atoms with Gasteiger partial charge >= 0.3 is 5.97 Å². The molecule has 5 aliphatic rings. The van der Waals surface area contributed by atoms with Crippen molar-refractivity contribution >= 4 is 36.7 Å². The lowest BCUT2D eigenvalue weighted by atomic mass is 9.49. The van der Waals surface area contributed by atoms with Crippen LogP contribution in [-0.2, 0) is 9.53 Å². The van der Waals surface area contributed by atoms with Gasteiger partial charge in [0.05, 0.1) is 12.0 Å². The zero-order valence-electron chi connectivity index (χ0n) is 17.6. The number of halogens is 2. The Morgan fingerprint density at radius 1 is 0.967 bits per heavy atom. The lowest BCUT2D eigenvalue weighted by Gasteiger charge is -2.55. The Bertz CT molecular complexity index is 662. The van der Waals surface area contributed by atoms with Crippen LogP contribution in [0.1, 0.15) is 44.9 Å². The molecule has 1 aliphatic heterocycles. The van der Waals surface area contributed by atoms with Gasteiger partial charge in [0.25, 0.3) is 0 Å². The van der Waals surface area contributed by atoms with E-state index in [1.165, 1.54) is 19.3 Å². The Hall–Kier alpha value is -1.11. The highest BCUT2D eigenvalue weighted by Crippen LogP contribution is 2.60. The molecule has 1 aromatic rings. The van der Waals surface area contributed by atoms with Crippen molar-refractivity contribution in [2.24, 2.45) is 23.2 Å². The molecule has 6 nitrogen and oxygen atoms in total. The second-order valence-electron chi connectivity index (χ2n) is 9.56. The lowest BCUT2D eigenvalue weighted by Crippen LogP contribution is -2.50. The maximum absolute atomic E-state index is 12.9. The zero-order chi connectivity index (χ0) is 19.0. The molecule has 0 amide bonds. The van der Waals surface area contributed by atoms with Gasteiger partial charge in [-0.3, -0.25) is 9.69 Å². The van der Waals surface area contributed by atoms with Crippen LogP contribution < -0.4 is 4.90 Å². The normalized spacial score (nSPS) is 32.3. The van der Waals surface area contributed by atoms with Crippen LogP contribution >= 0.6 is 24.8 Å². The number of hydrogen-bond donors (Lipinski definition) is 0. The van der Waals surface area contributed by atoms with Gasteiger partial charge < -0.3 is 9.64 Å². The van der Waals surface area contributed by atoms with Gasteiger partial charge in [0.2, 0.25) is 5.95 Å². The number of nitrogens with zero attached hydrogens (tertiary/aromatic N) is 4. The molecule has 0 unspecified atom stereocenters. The average Bonchev–Trinajstić information content (AvgIpc) is 2.71. The van der Waals surface area contributed by atoms with E-state index in [1.54, 1.807) is 12.4 Å². The van der Waals surface area contributed by atoms with Crippen LogP contribution in [0.5, 0.6) is 0 Å². The Balaban J connectivity index is 0.00000128. The largest absolute Gasteiger partial charge is 0.465 e. The summed E-state index contributed by atoms with van der Waals surface area (Å²) in [6.07, 6.45) is 11.9. The van der Waals surface area contributed by atoms with Gasteiger partial charge in [-0.25, -0.2) is 9.97 Å². The third kappa shape index (κ3) is 4.86. The molecular weight excluding hydrogens is 423 g/mol. The molecule has 0 N–H and O–H groups in total. The van der Waals surface area contributed by atoms with Gasteiger partial charge in [0.1, 0.15) is 0 Å². The summed E-state index contributed by atoms with van der Waals surface area (Å²) in [5.41, 5.74) is -0.115. The second kappa shape index (κ2) is 10.0. The molecule has 30 heavy (non-hydrogen) atoms. The van der Waals surface area contributed by atoms with Crippen LogP contribution in [0, 0.1) is 23.2 Å². The summed E-state index contributed by atoms with van der Waals surface area (Å²) in [4.78, 5) is 26.3. The van der Waals surface area contributed by atoms with Gasteiger partial charge in [-0.05, 0) is 68.8 Å². The van der Waals surface area contributed by atoms with Crippen molar-refractivity contribution in [2.45, 2.75) is 44.9 Å². The molecule has 5 fully saturated rings. The molecule has 1 saturated heterocycles. The van der Waals surface area contributed by atoms with Crippen molar-refractivity contribution in [3.05, 3.63) is 18.5 Å². The Labute approximate surface area is 192 Å². The molecule has 0 radical (unpaired) electrons. The van der Waals surface area contributed by atoms with Gasteiger partial charge in [-0.1, -0.05) is 0 Å². The summed E-state index contributed by atoms with van der Waals surface area (Å²) >= 11 is 0. The first-order valence-electron chi connectivity index (χ1n) is 11.1. The molecule has 0 atom stereocenters. The maximum atomic E-state index is 12.9. The minimum Gasteiger partial charge on any atom is -0.465 e. The molecule has 168 valence electrons. The van der Waals surface area contributed by atoms with Crippen LogP contribution in [0.2, 0.25) is 0 Å². The Kier molecular flexibility index (Phi) is 7.86. The SMILES string of the molecule is Cl.Cl.O=C(OCCCN1CCN(c2ncccn2)CC1)C12CC3CC(CC(C3)C1)C2. The monoisotopic (exact) mass is 456 g/mol. The van der Waals surface area contributed by atoms with Crippen molar-refractivity contribution in [1.29, 1.82) is 0 Å². The van der Waals surface area contributed by atoms with Gasteiger partial charge in [0, 0.05) is 45.1 Å². The number of piperazine rings is 1. The number of aromatic nitrogens is 2. The van der Waals surface area contributed by atoms with E-state index in [9.17, 15) is 4.79 Å². The number of hydrogen-bond acceptors (Lipinski definition) is 6. The van der Waals surface area contributed by atoms with Crippen LogP contribution in [0.3, 0.4) is 0 Å². The molecule has 4 bridgehead atoms. The Morgan fingerprint density at radius 2 is 1.53 bits per heavy atom. The van der Waals surface area contributed by atoms with E-state index in [4.69, 9.17) is 4.74 Å². The highest BCUT2D eigenvalue weighted by molar-refractivity contribution is 5.85. The molecular formula is C22H34Cl2N4O2. The topological polar surface area (TPSA) is 58.6 Å². The summed E-state index contributed by atoms with van der Waals surface area (Å²) in [5, 5.41) is 0. The lowest BCUT2D eigenvalue weighted by molar-refractivity contribution is -0.171. The summed E-state index contributed by atoms with van der Waals surface area (Å²) < 4.78 is 5.81. The van der Waals surface area contributed by atoms with Crippen LogP contribution in [0.25, 0.3) is 0 Å². The van der Waals surface area contributed by atoms with Crippen molar-refractivity contribution in [3.8, 4) is 0 Å². The predicted octanol–water partition coefficient (Wildman–Crippen LogP) is 3.59. The molecule has 4 saturated carbocycles. The molecule has 2 heterocycles. The maximum Gasteiger partial charge on any atom is 0.312 e. The fraction of sp³-hybridized carbons (Fsp3) is 0.773. The van der Waals surface area contributed by atoms with Crippen LogP contribution in [-0.4, -0.2) is 60.2 Å². The molecule has 1 aromatic heterocycles. The van der Waals surface area contributed by atoms with E-state index >= 15 is 0 Å². The van der Waals surface area contributed by atoms with Crippen LogP contribution in [0.15, 0.2) is 18.5 Å².